The standard InChI is InChI=1S/C20H17NO4S/c22-16(19-21-15-9-4-5-12-18(15)26-19)10-6-11-17(23)20(24)25-13-14-7-2-1-3-8-14/h1-5,7-9,12H,6,10-11,13H2. The molecule has 0 spiro atoms. The minimum atomic E-state index is -0.860. The lowest BCUT2D eigenvalue weighted by Crippen LogP contribution is -2.17. The molecule has 3 rings (SSSR count). The summed E-state index contributed by atoms with van der Waals surface area (Å²) in [5.41, 5.74) is 1.61. The molecule has 0 bridgehead atoms. The second-order valence-electron chi connectivity index (χ2n) is 5.75. The Morgan fingerprint density at radius 2 is 1.65 bits per heavy atom. The van der Waals surface area contributed by atoms with Crippen molar-refractivity contribution < 1.29 is 19.1 Å². The van der Waals surface area contributed by atoms with E-state index in [2.05, 4.69) is 4.98 Å². The van der Waals surface area contributed by atoms with E-state index in [1.165, 1.54) is 11.3 Å². The van der Waals surface area contributed by atoms with Crippen molar-refractivity contribution in [3.63, 3.8) is 0 Å². The maximum absolute atomic E-state index is 12.2. The van der Waals surface area contributed by atoms with E-state index >= 15 is 0 Å². The number of Topliss-reactive ketones (excluding diaryl/α,β-unsaturated/α-hetero) is 2. The zero-order chi connectivity index (χ0) is 18.4. The number of hydrogen-bond acceptors (Lipinski definition) is 6. The predicted octanol–water partition coefficient (Wildman–Crippen LogP) is 3.96. The number of nitrogens with zero attached hydrogens (tertiary/aromatic N) is 1. The summed E-state index contributed by atoms with van der Waals surface area (Å²) in [5.74, 6) is -1.59. The van der Waals surface area contributed by atoms with Gasteiger partial charge in [0.25, 0.3) is 0 Å². The maximum atomic E-state index is 12.2. The minimum absolute atomic E-state index is 0.00966. The van der Waals surface area contributed by atoms with Crippen LogP contribution in [0.1, 0.15) is 34.6 Å². The lowest BCUT2D eigenvalue weighted by atomic mass is 10.1. The Morgan fingerprint density at radius 3 is 2.42 bits per heavy atom. The number of thiazole rings is 1. The van der Waals surface area contributed by atoms with Gasteiger partial charge in [-0.05, 0) is 24.1 Å². The van der Waals surface area contributed by atoms with Crippen LogP contribution in [0.3, 0.4) is 0 Å². The van der Waals surface area contributed by atoms with Crippen molar-refractivity contribution in [3.8, 4) is 0 Å². The number of carbonyl (C=O) groups is 3. The number of fused-ring (bicyclic) bond motifs is 1. The number of ether oxygens (including phenoxy) is 1. The van der Waals surface area contributed by atoms with Crippen LogP contribution in [0.5, 0.6) is 0 Å². The highest BCUT2D eigenvalue weighted by Crippen LogP contribution is 2.23. The molecule has 0 N–H and O–H groups in total. The molecule has 5 nitrogen and oxygen atoms in total. The van der Waals surface area contributed by atoms with Crippen molar-refractivity contribution in [1.82, 2.24) is 4.98 Å². The van der Waals surface area contributed by atoms with Crippen LogP contribution in [0.25, 0.3) is 10.2 Å². The lowest BCUT2D eigenvalue weighted by Gasteiger charge is -2.04. The molecule has 1 heterocycles. The van der Waals surface area contributed by atoms with Gasteiger partial charge in [0, 0.05) is 12.8 Å². The van der Waals surface area contributed by atoms with E-state index in [1.54, 1.807) is 0 Å². The first-order valence-corrected chi connectivity index (χ1v) is 9.08. The monoisotopic (exact) mass is 367 g/mol. The lowest BCUT2D eigenvalue weighted by molar-refractivity contribution is -0.154. The van der Waals surface area contributed by atoms with Crippen molar-refractivity contribution >= 4 is 39.1 Å². The van der Waals surface area contributed by atoms with Crippen LogP contribution in [0.2, 0.25) is 0 Å². The molecule has 1 aromatic heterocycles. The molecule has 0 unspecified atom stereocenters. The largest absolute Gasteiger partial charge is 0.455 e. The molecule has 6 heteroatoms. The van der Waals surface area contributed by atoms with Crippen LogP contribution >= 0.6 is 11.3 Å². The number of ketones is 2. The molecule has 0 aliphatic carbocycles. The van der Waals surface area contributed by atoms with Crippen molar-refractivity contribution in [2.24, 2.45) is 0 Å². The summed E-state index contributed by atoms with van der Waals surface area (Å²) in [6.45, 7) is 0.0655. The van der Waals surface area contributed by atoms with E-state index in [1.807, 2.05) is 54.6 Å². The number of benzene rings is 2. The van der Waals surface area contributed by atoms with Gasteiger partial charge in [-0.1, -0.05) is 42.5 Å². The van der Waals surface area contributed by atoms with Crippen LogP contribution in [0, 0.1) is 0 Å². The average Bonchev–Trinajstić information content (AvgIpc) is 3.11. The van der Waals surface area contributed by atoms with Gasteiger partial charge >= 0.3 is 5.97 Å². The van der Waals surface area contributed by atoms with Gasteiger partial charge < -0.3 is 4.74 Å². The third kappa shape index (κ3) is 4.61. The van der Waals surface area contributed by atoms with Crippen LogP contribution in [0.15, 0.2) is 54.6 Å². The number of aromatic nitrogens is 1. The third-order valence-corrected chi connectivity index (χ3v) is 4.86. The molecule has 0 fully saturated rings. The minimum Gasteiger partial charge on any atom is -0.455 e. The molecule has 2 aromatic carbocycles. The molecule has 0 aliphatic heterocycles. The van der Waals surface area contributed by atoms with Crippen LogP contribution in [-0.2, 0) is 20.9 Å². The highest BCUT2D eigenvalue weighted by Gasteiger charge is 2.17. The Bertz CT molecular complexity index is 900. The molecule has 132 valence electrons. The predicted molar refractivity (Wildman–Crippen MR) is 99.0 cm³/mol. The summed E-state index contributed by atoms with van der Waals surface area (Å²) in [4.78, 5) is 40.0. The maximum Gasteiger partial charge on any atom is 0.374 e. The number of carbonyl (C=O) groups excluding carboxylic acids is 3. The summed E-state index contributed by atoms with van der Waals surface area (Å²) < 4.78 is 5.94. The molecule has 26 heavy (non-hydrogen) atoms. The van der Waals surface area contributed by atoms with Gasteiger partial charge in [0.1, 0.15) is 6.61 Å². The van der Waals surface area contributed by atoms with Crippen LogP contribution in [-0.4, -0.2) is 22.5 Å². The summed E-state index contributed by atoms with van der Waals surface area (Å²) in [5, 5.41) is 0.435. The van der Waals surface area contributed by atoms with E-state index in [0.717, 1.165) is 15.8 Å². The zero-order valence-corrected chi connectivity index (χ0v) is 14.8. The van der Waals surface area contributed by atoms with Crippen molar-refractivity contribution in [1.29, 1.82) is 0 Å². The number of rotatable bonds is 8. The van der Waals surface area contributed by atoms with Crippen LogP contribution in [0.4, 0.5) is 0 Å². The second-order valence-corrected chi connectivity index (χ2v) is 6.78. The highest BCUT2D eigenvalue weighted by molar-refractivity contribution is 7.20. The third-order valence-electron chi connectivity index (χ3n) is 3.78. The van der Waals surface area contributed by atoms with Gasteiger partial charge in [0.2, 0.25) is 5.78 Å². The first-order chi connectivity index (χ1) is 12.6. The van der Waals surface area contributed by atoms with Crippen LogP contribution < -0.4 is 0 Å². The van der Waals surface area contributed by atoms with Crippen molar-refractivity contribution in [2.75, 3.05) is 0 Å². The molecular weight excluding hydrogens is 350 g/mol. The molecule has 0 amide bonds. The van der Waals surface area contributed by atoms with E-state index in [-0.39, 0.29) is 25.2 Å². The van der Waals surface area contributed by atoms with E-state index in [9.17, 15) is 14.4 Å². The summed E-state index contributed by atoms with van der Waals surface area (Å²) in [6.07, 6.45) is 0.468. The van der Waals surface area contributed by atoms with Gasteiger partial charge in [0.05, 0.1) is 10.2 Å². The Morgan fingerprint density at radius 1 is 0.923 bits per heavy atom. The Hall–Kier alpha value is -2.86. The van der Waals surface area contributed by atoms with Crippen molar-refractivity contribution in [2.45, 2.75) is 25.9 Å². The molecular formula is C20H17NO4S. The Labute approximate surface area is 154 Å². The van der Waals surface area contributed by atoms with E-state index in [4.69, 9.17) is 4.74 Å². The first-order valence-electron chi connectivity index (χ1n) is 8.26. The molecule has 0 saturated heterocycles. The highest BCUT2D eigenvalue weighted by atomic mass is 32.1. The SMILES string of the molecule is O=C(CCCC(=O)c1nc2ccccc2s1)C(=O)OCc1ccccc1. The summed E-state index contributed by atoms with van der Waals surface area (Å²) >= 11 is 1.34. The Balaban J connectivity index is 1.44. The second kappa shape index (κ2) is 8.49. The topological polar surface area (TPSA) is 73.3 Å². The first kappa shape index (κ1) is 17.9. The normalized spacial score (nSPS) is 10.6. The number of hydrogen-bond donors (Lipinski definition) is 0. The molecule has 0 saturated carbocycles. The zero-order valence-electron chi connectivity index (χ0n) is 14.0. The Kier molecular flexibility index (Phi) is 5.86. The smallest absolute Gasteiger partial charge is 0.374 e. The number of para-hydroxylation sites is 1. The average molecular weight is 367 g/mol. The van der Waals surface area contributed by atoms with Gasteiger partial charge in [-0.15, -0.1) is 11.3 Å². The van der Waals surface area contributed by atoms with E-state index in [0.29, 0.717) is 11.4 Å². The summed E-state index contributed by atoms with van der Waals surface area (Å²) in [7, 11) is 0. The summed E-state index contributed by atoms with van der Waals surface area (Å²) in [6, 6.07) is 16.7. The quantitative estimate of drug-likeness (QED) is 0.342. The van der Waals surface area contributed by atoms with Gasteiger partial charge in [0.15, 0.2) is 10.8 Å². The van der Waals surface area contributed by atoms with E-state index < -0.39 is 11.8 Å². The number of esters is 1. The fourth-order valence-corrected chi connectivity index (χ4v) is 3.35. The molecule has 0 radical (unpaired) electrons. The van der Waals surface area contributed by atoms with Gasteiger partial charge in [-0.25, -0.2) is 9.78 Å². The van der Waals surface area contributed by atoms with Crippen molar-refractivity contribution in [3.05, 3.63) is 65.2 Å². The molecule has 3 aromatic rings. The molecule has 0 atom stereocenters. The fourth-order valence-electron chi connectivity index (χ4n) is 2.41. The molecule has 0 aliphatic rings. The van der Waals surface area contributed by atoms with Gasteiger partial charge in [-0.3, -0.25) is 9.59 Å². The fraction of sp³-hybridized carbons (Fsp3) is 0.200. The van der Waals surface area contributed by atoms with Gasteiger partial charge in [-0.2, -0.15) is 0 Å².